The summed E-state index contributed by atoms with van der Waals surface area (Å²) in [7, 11) is 0. The molecule has 4 rings (SSSR count). The van der Waals surface area contributed by atoms with Crippen molar-refractivity contribution in [2.75, 3.05) is 0 Å². The molecule has 0 amide bonds. The first-order valence-electron chi connectivity index (χ1n) is 10.4. The Labute approximate surface area is 193 Å². The molecule has 0 saturated heterocycles. The van der Waals surface area contributed by atoms with E-state index in [-0.39, 0.29) is 0 Å². The maximum absolute atomic E-state index is 8.76. The molecular weight excluding hydrogens is 388 g/mol. The van der Waals surface area contributed by atoms with Gasteiger partial charge in [0.15, 0.2) is 0 Å². The normalized spacial score (nSPS) is 8.66. The van der Waals surface area contributed by atoms with E-state index in [4.69, 9.17) is 5.11 Å². The van der Waals surface area contributed by atoms with E-state index in [2.05, 4.69) is 19.7 Å². The summed E-state index contributed by atoms with van der Waals surface area (Å²) < 4.78 is 0. The minimum atomic E-state index is 0.329. The van der Waals surface area contributed by atoms with Gasteiger partial charge in [-0.1, -0.05) is 147 Å². The number of hydrogen-bond donors (Lipinski definition) is 1. The Morgan fingerprint density at radius 2 is 0.750 bits per heavy atom. The highest BCUT2D eigenvalue weighted by atomic mass is 16.3. The number of hydrogen-bond acceptors (Lipinski definition) is 1. The molecule has 0 atom stereocenters. The van der Waals surface area contributed by atoms with Crippen molar-refractivity contribution in [3.05, 3.63) is 157 Å². The second kappa shape index (κ2) is 16.7. The molecule has 0 radical (unpaired) electrons. The van der Waals surface area contributed by atoms with Crippen LogP contribution in [-0.4, -0.2) is 5.11 Å². The average molecular weight is 421 g/mol. The fraction of sp³-hybridized carbons (Fsp3) is 0.0323. The van der Waals surface area contributed by atoms with Crippen LogP contribution in [0.1, 0.15) is 22.3 Å². The third-order valence-corrected chi connectivity index (χ3v) is 4.14. The Bertz CT molecular complexity index is 878. The van der Waals surface area contributed by atoms with Gasteiger partial charge in [-0.3, -0.25) is 0 Å². The van der Waals surface area contributed by atoms with E-state index >= 15 is 0 Å². The van der Waals surface area contributed by atoms with Gasteiger partial charge in [0.25, 0.3) is 0 Å². The SMILES string of the molecule is C=Cc1ccccc1.C=Cc1ccccc1.C=Cc1ccccc1.Cc1ccc(O)cc1. The summed E-state index contributed by atoms with van der Waals surface area (Å²) in [4.78, 5) is 0. The molecule has 0 spiro atoms. The number of aryl methyl sites for hydroxylation is 1. The van der Waals surface area contributed by atoms with E-state index < -0.39 is 0 Å². The second-order valence-electron chi connectivity index (χ2n) is 6.68. The molecule has 0 aliphatic rings. The standard InChI is InChI=1S/3C8H8.C7H8O/c3*1-2-8-6-4-3-5-7-8;1-6-2-4-7(8)5-3-6/h3*2-7H,1H2;2-5,8H,1H3. The van der Waals surface area contributed by atoms with Crippen LogP contribution in [0.15, 0.2) is 135 Å². The van der Waals surface area contributed by atoms with Gasteiger partial charge in [0.1, 0.15) is 5.75 Å². The van der Waals surface area contributed by atoms with Crippen molar-refractivity contribution in [3.63, 3.8) is 0 Å². The molecule has 4 aromatic carbocycles. The highest BCUT2D eigenvalue weighted by molar-refractivity contribution is 5.46. The summed E-state index contributed by atoms with van der Waals surface area (Å²) in [5, 5.41) is 8.76. The third kappa shape index (κ3) is 12.5. The van der Waals surface area contributed by atoms with Gasteiger partial charge in [0, 0.05) is 0 Å². The Kier molecular flexibility index (Phi) is 13.5. The molecule has 1 nitrogen and oxygen atoms in total. The number of phenols is 1. The quantitative estimate of drug-likeness (QED) is 0.351. The number of aromatic hydroxyl groups is 1. The fourth-order valence-electron chi connectivity index (χ4n) is 2.31. The van der Waals surface area contributed by atoms with Crippen LogP contribution in [0, 0.1) is 6.92 Å². The van der Waals surface area contributed by atoms with Gasteiger partial charge in [-0.05, 0) is 35.7 Å². The summed E-state index contributed by atoms with van der Waals surface area (Å²) >= 11 is 0. The summed E-state index contributed by atoms with van der Waals surface area (Å²) in [6.45, 7) is 12.9. The molecule has 4 aromatic rings. The van der Waals surface area contributed by atoms with Gasteiger partial charge in [-0.15, -0.1) is 0 Å². The molecule has 0 bridgehead atoms. The van der Waals surface area contributed by atoms with Crippen molar-refractivity contribution in [2.24, 2.45) is 0 Å². The zero-order valence-electron chi connectivity index (χ0n) is 18.8. The molecule has 0 unspecified atom stereocenters. The first-order valence-corrected chi connectivity index (χ1v) is 10.4. The van der Waals surface area contributed by atoms with E-state index in [0.717, 1.165) is 0 Å². The van der Waals surface area contributed by atoms with Crippen LogP contribution in [0.5, 0.6) is 5.75 Å². The van der Waals surface area contributed by atoms with Crippen molar-refractivity contribution in [1.29, 1.82) is 0 Å². The predicted molar refractivity (Wildman–Crippen MR) is 142 cm³/mol. The predicted octanol–water partition coefficient (Wildman–Crippen LogP) is 8.69. The summed E-state index contributed by atoms with van der Waals surface area (Å²) in [5.74, 6) is 0.329. The summed E-state index contributed by atoms with van der Waals surface area (Å²) in [6, 6.07) is 37.2. The fourth-order valence-corrected chi connectivity index (χ4v) is 2.31. The Hall–Kier alpha value is -4.10. The van der Waals surface area contributed by atoms with Gasteiger partial charge >= 0.3 is 0 Å². The van der Waals surface area contributed by atoms with Crippen LogP contribution in [0.2, 0.25) is 0 Å². The zero-order chi connectivity index (χ0) is 23.4. The highest BCUT2D eigenvalue weighted by Crippen LogP contribution is 2.07. The first kappa shape index (κ1) is 25.9. The van der Waals surface area contributed by atoms with Gasteiger partial charge in [-0.25, -0.2) is 0 Å². The van der Waals surface area contributed by atoms with E-state index in [0.29, 0.717) is 5.75 Å². The molecule has 0 aromatic heterocycles. The summed E-state index contributed by atoms with van der Waals surface area (Å²) in [5.41, 5.74) is 4.69. The largest absolute Gasteiger partial charge is 0.508 e. The van der Waals surface area contributed by atoms with Crippen LogP contribution in [-0.2, 0) is 0 Å². The van der Waals surface area contributed by atoms with Crippen LogP contribution >= 0.6 is 0 Å². The molecule has 1 heteroatoms. The summed E-state index contributed by atoms with van der Waals surface area (Å²) in [6.07, 6.45) is 5.50. The Balaban J connectivity index is 0.000000213. The minimum Gasteiger partial charge on any atom is -0.508 e. The van der Waals surface area contributed by atoms with Gasteiger partial charge in [0.2, 0.25) is 0 Å². The van der Waals surface area contributed by atoms with E-state index in [1.807, 2.05) is 128 Å². The van der Waals surface area contributed by atoms with Gasteiger partial charge < -0.3 is 5.11 Å². The lowest BCUT2D eigenvalue weighted by Gasteiger charge is -1.89. The first-order chi connectivity index (χ1) is 15.6. The van der Waals surface area contributed by atoms with Crippen LogP contribution < -0.4 is 0 Å². The smallest absolute Gasteiger partial charge is 0.115 e. The molecule has 1 N–H and O–H groups in total. The van der Waals surface area contributed by atoms with E-state index in [1.54, 1.807) is 12.1 Å². The maximum Gasteiger partial charge on any atom is 0.115 e. The molecular formula is C31H32O. The molecule has 0 aliphatic heterocycles. The molecule has 0 fully saturated rings. The highest BCUT2D eigenvalue weighted by Gasteiger charge is 1.82. The van der Waals surface area contributed by atoms with Crippen molar-refractivity contribution in [2.45, 2.75) is 6.92 Å². The van der Waals surface area contributed by atoms with Crippen molar-refractivity contribution < 1.29 is 5.11 Å². The lowest BCUT2D eigenvalue weighted by Crippen LogP contribution is -1.66. The maximum atomic E-state index is 8.76. The van der Waals surface area contributed by atoms with Gasteiger partial charge in [0.05, 0.1) is 0 Å². The molecule has 0 heterocycles. The minimum absolute atomic E-state index is 0.329. The number of rotatable bonds is 3. The van der Waals surface area contributed by atoms with Crippen molar-refractivity contribution >= 4 is 18.2 Å². The van der Waals surface area contributed by atoms with Crippen molar-refractivity contribution in [3.8, 4) is 5.75 Å². The van der Waals surface area contributed by atoms with Crippen LogP contribution in [0.3, 0.4) is 0 Å². The molecule has 162 valence electrons. The average Bonchev–Trinajstić information content (AvgIpc) is 2.88. The van der Waals surface area contributed by atoms with E-state index in [9.17, 15) is 0 Å². The number of benzene rings is 4. The lowest BCUT2D eigenvalue weighted by molar-refractivity contribution is 0.475. The Morgan fingerprint density at radius 1 is 0.469 bits per heavy atom. The van der Waals surface area contributed by atoms with Crippen LogP contribution in [0.25, 0.3) is 18.2 Å². The zero-order valence-corrected chi connectivity index (χ0v) is 18.8. The van der Waals surface area contributed by atoms with Crippen LogP contribution in [0.4, 0.5) is 0 Å². The van der Waals surface area contributed by atoms with Gasteiger partial charge in [-0.2, -0.15) is 0 Å². The van der Waals surface area contributed by atoms with E-state index in [1.165, 1.54) is 22.3 Å². The second-order valence-corrected chi connectivity index (χ2v) is 6.68. The topological polar surface area (TPSA) is 20.2 Å². The molecule has 32 heavy (non-hydrogen) atoms. The number of phenolic OH excluding ortho intramolecular Hbond substituents is 1. The molecule has 0 aliphatic carbocycles. The third-order valence-electron chi connectivity index (χ3n) is 4.14. The van der Waals surface area contributed by atoms with Crippen molar-refractivity contribution in [1.82, 2.24) is 0 Å². The monoisotopic (exact) mass is 420 g/mol. The molecule has 0 saturated carbocycles. The lowest BCUT2D eigenvalue weighted by atomic mass is 10.2. The Morgan fingerprint density at radius 3 is 0.938 bits per heavy atom.